The van der Waals surface area contributed by atoms with Crippen LogP contribution in [-0.4, -0.2) is 61.5 Å². The van der Waals surface area contributed by atoms with Gasteiger partial charge in [0.05, 0.1) is 0 Å². The van der Waals surface area contributed by atoms with Gasteiger partial charge >= 0.3 is 0 Å². The molecule has 21 heavy (non-hydrogen) atoms. The number of nitrogens with zero attached hydrogens (tertiary/aromatic N) is 3. The Kier molecular flexibility index (Phi) is 5.03. The molecule has 2 rings (SSSR count). The zero-order valence-electron chi connectivity index (χ0n) is 13.0. The van der Waals surface area contributed by atoms with Crippen LogP contribution < -0.4 is 5.73 Å². The lowest BCUT2D eigenvalue weighted by atomic mass is 9.98. The van der Waals surface area contributed by atoms with Crippen LogP contribution in [0, 0.1) is 12.8 Å². The first-order chi connectivity index (χ1) is 9.86. The average Bonchev–Trinajstić information content (AvgIpc) is 2.80. The summed E-state index contributed by atoms with van der Waals surface area (Å²) in [4.78, 5) is 2.15. The van der Waals surface area contributed by atoms with Crippen LogP contribution >= 0.6 is 0 Å². The molecule has 1 aromatic heterocycles. The highest BCUT2D eigenvalue weighted by molar-refractivity contribution is 7.89. The summed E-state index contributed by atoms with van der Waals surface area (Å²) >= 11 is 0. The fourth-order valence-electron chi connectivity index (χ4n) is 2.85. The summed E-state index contributed by atoms with van der Waals surface area (Å²) in [5, 5.41) is 6.77. The fourth-order valence-corrected chi connectivity index (χ4v) is 4.50. The Morgan fingerprint density at radius 3 is 2.52 bits per heavy atom. The smallest absolute Gasteiger partial charge is 0.262 e. The van der Waals surface area contributed by atoms with E-state index in [2.05, 4.69) is 15.1 Å². The Labute approximate surface area is 126 Å². The molecule has 3 N–H and O–H groups in total. The molecule has 0 atom stereocenters. The van der Waals surface area contributed by atoms with Crippen molar-refractivity contribution in [2.75, 3.05) is 33.7 Å². The number of hydrogen-bond acceptors (Lipinski definition) is 5. The second kappa shape index (κ2) is 6.43. The second-order valence-electron chi connectivity index (χ2n) is 5.95. The molecular weight excluding hydrogens is 290 g/mol. The van der Waals surface area contributed by atoms with Crippen molar-refractivity contribution in [3.63, 3.8) is 0 Å². The van der Waals surface area contributed by atoms with E-state index in [1.54, 1.807) is 6.92 Å². The third-order valence-corrected chi connectivity index (χ3v) is 5.89. The predicted octanol–water partition coefficient (Wildman–Crippen LogP) is 0.139. The van der Waals surface area contributed by atoms with Crippen molar-refractivity contribution in [3.05, 3.63) is 11.3 Å². The molecule has 0 aliphatic carbocycles. The van der Waals surface area contributed by atoms with Gasteiger partial charge in [0.15, 0.2) is 5.03 Å². The van der Waals surface area contributed by atoms with Crippen LogP contribution in [0.15, 0.2) is 5.03 Å². The van der Waals surface area contributed by atoms with Gasteiger partial charge in [-0.05, 0) is 39.8 Å². The molecule has 1 saturated heterocycles. The highest BCUT2D eigenvalue weighted by Crippen LogP contribution is 2.25. The maximum Gasteiger partial charge on any atom is 0.262 e. The molecule has 0 aromatic carbocycles. The molecule has 2 heterocycles. The molecule has 0 radical (unpaired) electrons. The van der Waals surface area contributed by atoms with Gasteiger partial charge < -0.3 is 10.6 Å². The van der Waals surface area contributed by atoms with E-state index in [1.807, 2.05) is 14.1 Å². The van der Waals surface area contributed by atoms with E-state index in [0.29, 0.717) is 24.6 Å². The van der Waals surface area contributed by atoms with Crippen molar-refractivity contribution < 1.29 is 8.42 Å². The van der Waals surface area contributed by atoms with E-state index in [1.165, 1.54) is 4.31 Å². The molecule has 120 valence electrons. The number of rotatable bonds is 5. The SMILES string of the molecule is Cc1[nH]nc(S(=O)(=O)N2CCC(CN(C)C)CC2)c1CN. The summed E-state index contributed by atoms with van der Waals surface area (Å²) in [6.07, 6.45) is 1.78. The maximum atomic E-state index is 12.7. The summed E-state index contributed by atoms with van der Waals surface area (Å²) in [7, 11) is 0.551. The van der Waals surface area contributed by atoms with Crippen LogP contribution in [0.25, 0.3) is 0 Å². The van der Waals surface area contributed by atoms with Crippen molar-refractivity contribution >= 4 is 10.0 Å². The number of H-pyrrole nitrogens is 1. The molecule has 1 aliphatic rings. The third kappa shape index (κ3) is 3.45. The summed E-state index contributed by atoms with van der Waals surface area (Å²) in [5.41, 5.74) is 6.96. The lowest BCUT2D eigenvalue weighted by Crippen LogP contribution is -2.41. The van der Waals surface area contributed by atoms with E-state index in [0.717, 1.165) is 25.1 Å². The summed E-state index contributed by atoms with van der Waals surface area (Å²) in [6, 6.07) is 0. The molecule has 8 heteroatoms. The molecular formula is C13H25N5O2S. The second-order valence-corrected chi connectivity index (χ2v) is 7.80. The van der Waals surface area contributed by atoms with Crippen LogP contribution in [0.2, 0.25) is 0 Å². The van der Waals surface area contributed by atoms with Gasteiger partial charge in [0, 0.05) is 37.4 Å². The van der Waals surface area contributed by atoms with Gasteiger partial charge in [0.1, 0.15) is 0 Å². The third-order valence-electron chi connectivity index (χ3n) is 4.02. The molecule has 0 spiro atoms. The molecule has 1 aliphatic heterocycles. The van der Waals surface area contributed by atoms with Gasteiger partial charge in [-0.15, -0.1) is 0 Å². The minimum atomic E-state index is -3.54. The largest absolute Gasteiger partial charge is 0.326 e. The topological polar surface area (TPSA) is 95.3 Å². The molecule has 1 fully saturated rings. The molecule has 7 nitrogen and oxygen atoms in total. The van der Waals surface area contributed by atoms with Crippen LogP contribution in [0.5, 0.6) is 0 Å². The number of nitrogens with two attached hydrogens (primary N) is 1. The standard InChI is InChI=1S/C13H25N5O2S/c1-10-12(8-14)13(16-15-10)21(19,20)18-6-4-11(5-7-18)9-17(2)3/h11H,4-9,14H2,1-3H3,(H,15,16). The van der Waals surface area contributed by atoms with Crippen LogP contribution in [-0.2, 0) is 16.6 Å². The summed E-state index contributed by atoms with van der Waals surface area (Å²) in [5.74, 6) is 0.557. The molecule has 1 aromatic rings. The Balaban J connectivity index is 2.11. The lowest BCUT2D eigenvalue weighted by molar-refractivity contribution is 0.224. The van der Waals surface area contributed by atoms with Crippen molar-refractivity contribution in [3.8, 4) is 0 Å². The number of piperidine rings is 1. The zero-order chi connectivity index (χ0) is 15.6. The van der Waals surface area contributed by atoms with Gasteiger partial charge in [0.2, 0.25) is 0 Å². The van der Waals surface area contributed by atoms with Crippen molar-refractivity contribution in [1.29, 1.82) is 0 Å². The first-order valence-corrected chi connectivity index (χ1v) is 8.69. The number of aromatic nitrogens is 2. The number of sulfonamides is 1. The predicted molar refractivity (Wildman–Crippen MR) is 81.3 cm³/mol. The molecule has 0 amide bonds. The van der Waals surface area contributed by atoms with E-state index in [-0.39, 0.29) is 11.6 Å². The van der Waals surface area contributed by atoms with Crippen molar-refractivity contribution in [1.82, 2.24) is 19.4 Å². The highest BCUT2D eigenvalue weighted by Gasteiger charge is 2.33. The van der Waals surface area contributed by atoms with Crippen molar-refractivity contribution in [2.24, 2.45) is 11.7 Å². The minimum Gasteiger partial charge on any atom is -0.326 e. The normalized spacial score (nSPS) is 18.5. The van der Waals surface area contributed by atoms with E-state index in [4.69, 9.17) is 5.73 Å². The van der Waals surface area contributed by atoms with E-state index in [9.17, 15) is 8.42 Å². The summed E-state index contributed by atoms with van der Waals surface area (Å²) in [6.45, 7) is 4.07. The first kappa shape index (κ1) is 16.4. The van der Waals surface area contributed by atoms with Crippen LogP contribution in [0.3, 0.4) is 0 Å². The zero-order valence-corrected chi connectivity index (χ0v) is 13.8. The van der Waals surface area contributed by atoms with Gasteiger partial charge in [-0.3, -0.25) is 5.10 Å². The number of aryl methyl sites for hydroxylation is 1. The van der Waals surface area contributed by atoms with E-state index < -0.39 is 10.0 Å². The number of aromatic amines is 1. The van der Waals surface area contributed by atoms with Crippen molar-refractivity contribution in [2.45, 2.75) is 31.3 Å². The van der Waals surface area contributed by atoms with E-state index >= 15 is 0 Å². The van der Waals surface area contributed by atoms with Crippen LogP contribution in [0.1, 0.15) is 24.1 Å². The fraction of sp³-hybridized carbons (Fsp3) is 0.769. The average molecular weight is 315 g/mol. The molecule has 0 saturated carbocycles. The monoisotopic (exact) mass is 315 g/mol. The minimum absolute atomic E-state index is 0.0913. The Hall–Kier alpha value is -0.960. The van der Waals surface area contributed by atoms with Gasteiger partial charge in [-0.1, -0.05) is 0 Å². The highest BCUT2D eigenvalue weighted by atomic mass is 32.2. The van der Waals surface area contributed by atoms with Gasteiger partial charge in [-0.25, -0.2) is 8.42 Å². The molecule has 0 unspecified atom stereocenters. The Morgan fingerprint density at radius 2 is 2.00 bits per heavy atom. The summed E-state index contributed by atoms with van der Waals surface area (Å²) < 4.78 is 26.9. The van der Waals surface area contributed by atoms with Crippen LogP contribution in [0.4, 0.5) is 0 Å². The Bertz CT molecular complexity index is 573. The maximum absolute atomic E-state index is 12.7. The first-order valence-electron chi connectivity index (χ1n) is 7.25. The quantitative estimate of drug-likeness (QED) is 0.806. The lowest BCUT2D eigenvalue weighted by Gasteiger charge is -2.32. The number of hydrogen-bond donors (Lipinski definition) is 2. The van der Waals surface area contributed by atoms with Gasteiger partial charge in [0.25, 0.3) is 10.0 Å². The van der Waals surface area contributed by atoms with Gasteiger partial charge in [-0.2, -0.15) is 9.40 Å². The number of nitrogens with one attached hydrogen (secondary N) is 1. The molecule has 0 bridgehead atoms. The Morgan fingerprint density at radius 1 is 1.38 bits per heavy atom.